The number of hydrogen-bond donors (Lipinski definition) is 1. The van der Waals surface area contributed by atoms with Crippen LogP contribution in [0.5, 0.6) is 0 Å². The average molecular weight is 343 g/mol. The SMILES string of the molecule is CCSc1nc(=O)c2c(n1C)NC(=O)C[C@@H]2c1cc(C)ccc1C. The van der Waals surface area contributed by atoms with Crippen molar-refractivity contribution in [1.29, 1.82) is 0 Å². The van der Waals surface area contributed by atoms with Crippen LogP contribution in [0.3, 0.4) is 0 Å². The largest absolute Gasteiger partial charge is 0.312 e. The van der Waals surface area contributed by atoms with Gasteiger partial charge >= 0.3 is 0 Å². The summed E-state index contributed by atoms with van der Waals surface area (Å²) in [6, 6.07) is 6.15. The van der Waals surface area contributed by atoms with E-state index in [-0.39, 0.29) is 23.8 Å². The molecule has 0 spiro atoms. The molecule has 1 N–H and O–H groups in total. The second-order valence-corrected chi connectivity index (χ2v) is 7.35. The number of thioether (sulfide) groups is 1. The maximum absolute atomic E-state index is 12.7. The van der Waals surface area contributed by atoms with Gasteiger partial charge in [0.1, 0.15) is 5.82 Å². The minimum Gasteiger partial charge on any atom is -0.312 e. The first-order valence-electron chi connectivity index (χ1n) is 8.03. The highest BCUT2D eigenvalue weighted by Gasteiger charge is 2.32. The molecule has 0 unspecified atom stereocenters. The Morgan fingerprint density at radius 2 is 2.08 bits per heavy atom. The number of amides is 1. The molecule has 24 heavy (non-hydrogen) atoms. The molecule has 1 amide bonds. The highest BCUT2D eigenvalue weighted by atomic mass is 32.2. The van der Waals surface area contributed by atoms with E-state index in [0.717, 1.165) is 22.4 Å². The van der Waals surface area contributed by atoms with E-state index >= 15 is 0 Å². The van der Waals surface area contributed by atoms with Crippen LogP contribution >= 0.6 is 11.8 Å². The smallest absolute Gasteiger partial charge is 0.279 e. The van der Waals surface area contributed by atoms with Crippen molar-refractivity contribution in [3.63, 3.8) is 0 Å². The molecular formula is C18H21N3O2S. The van der Waals surface area contributed by atoms with E-state index in [1.807, 2.05) is 44.5 Å². The molecule has 6 heteroatoms. The summed E-state index contributed by atoms with van der Waals surface area (Å²) < 4.78 is 1.82. The molecule has 126 valence electrons. The summed E-state index contributed by atoms with van der Waals surface area (Å²) in [6.45, 7) is 6.04. The molecule has 2 heterocycles. The monoisotopic (exact) mass is 343 g/mol. The van der Waals surface area contributed by atoms with E-state index in [4.69, 9.17) is 0 Å². The van der Waals surface area contributed by atoms with Crippen LogP contribution in [0.1, 0.15) is 41.5 Å². The average Bonchev–Trinajstić information content (AvgIpc) is 2.54. The third-order valence-corrected chi connectivity index (χ3v) is 5.30. The van der Waals surface area contributed by atoms with Gasteiger partial charge in [-0.3, -0.25) is 9.59 Å². The Balaban J connectivity index is 2.24. The number of rotatable bonds is 3. The normalized spacial score (nSPS) is 16.7. The molecule has 0 radical (unpaired) electrons. The number of carbonyl (C=O) groups is 1. The molecule has 1 atom stereocenters. The molecule has 3 rings (SSSR count). The molecule has 5 nitrogen and oxygen atoms in total. The summed E-state index contributed by atoms with van der Waals surface area (Å²) in [5.41, 5.74) is 3.57. The van der Waals surface area contributed by atoms with E-state index in [0.29, 0.717) is 16.5 Å². The van der Waals surface area contributed by atoms with Crippen LogP contribution in [0.4, 0.5) is 5.82 Å². The van der Waals surface area contributed by atoms with Crippen molar-refractivity contribution < 1.29 is 4.79 Å². The van der Waals surface area contributed by atoms with Gasteiger partial charge in [-0.2, -0.15) is 4.98 Å². The maximum atomic E-state index is 12.7. The van der Waals surface area contributed by atoms with Crippen molar-refractivity contribution >= 4 is 23.5 Å². The highest BCUT2D eigenvalue weighted by Crippen LogP contribution is 2.37. The van der Waals surface area contributed by atoms with Crippen molar-refractivity contribution in [1.82, 2.24) is 9.55 Å². The zero-order chi connectivity index (χ0) is 17.4. The molecule has 1 aliphatic rings. The van der Waals surface area contributed by atoms with Gasteiger partial charge in [0, 0.05) is 19.4 Å². The van der Waals surface area contributed by atoms with Gasteiger partial charge in [-0.15, -0.1) is 0 Å². The third kappa shape index (κ3) is 2.86. The van der Waals surface area contributed by atoms with E-state index in [9.17, 15) is 9.59 Å². The Bertz CT molecular complexity index is 873. The van der Waals surface area contributed by atoms with Gasteiger partial charge < -0.3 is 9.88 Å². The van der Waals surface area contributed by atoms with Gasteiger partial charge in [0.25, 0.3) is 5.56 Å². The van der Waals surface area contributed by atoms with Crippen molar-refractivity contribution in [3.05, 3.63) is 50.8 Å². The predicted molar refractivity (Wildman–Crippen MR) is 96.9 cm³/mol. The molecular weight excluding hydrogens is 322 g/mol. The van der Waals surface area contributed by atoms with Gasteiger partial charge in [-0.1, -0.05) is 42.4 Å². The standard InChI is InChI=1S/C18H21N3O2S/c1-5-24-18-20-17(23)15-13(9-14(22)19-16(15)21(18)4)12-8-10(2)6-7-11(12)3/h6-8,13H,5,9H2,1-4H3,(H,19,22)/t13-/m1/s1. The number of aryl methyl sites for hydroxylation is 2. The Labute approximate surface area is 145 Å². The Morgan fingerprint density at radius 1 is 1.33 bits per heavy atom. The van der Waals surface area contributed by atoms with Gasteiger partial charge in [0.2, 0.25) is 5.91 Å². The highest BCUT2D eigenvalue weighted by molar-refractivity contribution is 7.99. The van der Waals surface area contributed by atoms with Crippen LogP contribution in [0.25, 0.3) is 0 Å². The first-order valence-corrected chi connectivity index (χ1v) is 9.01. The molecule has 0 aliphatic carbocycles. The maximum Gasteiger partial charge on any atom is 0.279 e. The molecule has 0 fully saturated rings. The quantitative estimate of drug-likeness (QED) is 0.687. The number of carbonyl (C=O) groups excluding carboxylic acids is 1. The minimum absolute atomic E-state index is 0.0675. The summed E-state index contributed by atoms with van der Waals surface area (Å²) in [4.78, 5) is 29.2. The summed E-state index contributed by atoms with van der Waals surface area (Å²) in [6.07, 6.45) is 0.272. The number of fused-ring (bicyclic) bond motifs is 1. The van der Waals surface area contributed by atoms with E-state index < -0.39 is 0 Å². The number of nitrogens with one attached hydrogen (secondary N) is 1. The lowest BCUT2D eigenvalue weighted by atomic mass is 9.84. The van der Waals surface area contributed by atoms with Crippen molar-refractivity contribution in [2.45, 2.75) is 38.3 Å². The van der Waals surface area contributed by atoms with Gasteiger partial charge in [0.15, 0.2) is 5.16 Å². The second kappa shape index (κ2) is 6.43. The lowest BCUT2D eigenvalue weighted by molar-refractivity contribution is -0.116. The van der Waals surface area contributed by atoms with Crippen LogP contribution in [0.2, 0.25) is 0 Å². The molecule has 0 bridgehead atoms. The first kappa shape index (κ1) is 16.8. The predicted octanol–water partition coefficient (Wildman–Crippen LogP) is 2.98. The van der Waals surface area contributed by atoms with Crippen LogP contribution in [-0.2, 0) is 11.8 Å². The Kier molecular flexibility index (Phi) is 4.49. The van der Waals surface area contributed by atoms with Crippen molar-refractivity contribution in [2.24, 2.45) is 7.05 Å². The fourth-order valence-corrected chi connectivity index (χ4v) is 3.89. The summed E-state index contributed by atoms with van der Waals surface area (Å²) >= 11 is 1.49. The lowest BCUT2D eigenvalue weighted by Gasteiger charge is -2.28. The number of hydrogen-bond acceptors (Lipinski definition) is 4. The van der Waals surface area contributed by atoms with Crippen LogP contribution in [-0.4, -0.2) is 21.2 Å². The van der Waals surface area contributed by atoms with Crippen LogP contribution in [0, 0.1) is 13.8 Å². The summed E-state index contributed by atoms with van der Waals surface area (Å²) in [5.74, 6) is 1.07. The van der Waals surface area contributed by atoms with E-state index in [1.54, 1.807) is 0 Å². The fraction of sp³-hybridized carbons (Fsp3) is 0.389. The van der Waals surface area contributed by atoms with Crippen molar-refractivity contribution in [3.8, 4) is 0 Å². The van der Waals surface area contributed by atoms with Gasteiger partial charge in [-0.25, -0.2) is 0 Å². The fourth-order valence-electron chi connectivity index (χ4n) is 3.19. The molecule has 1 aromatic carbocycles. The number of benzene rings is 1. The molecule has 2 aromatic rings. The van der Waals surface area contributed by atoms with Crippen molar-refractivity contribution in [2.75, 3.05) is 11.1 Å². The lowest BCUT2D eigenvalue weighted by Crippen LogP contribution is -2.33. The second-order valence-electron chi connectivity index (χ2n) is 6.12. The van der Waals surface area contributed by atoms with Gasteiger partial charge in [0.05, 0.1) is 5.56 Å². The van der Waals surface area contributed by atoms with Crippen LogP contribution in [0.15, 0.2) is 28.2 Å². The topological polar surface area (TPSA) is 64.0 Å². The summed E-state index contributed by atoms with van der Waals surface area (Å²) in [7, 11) is 1.84. The number of nitrogens with zero attached hydrogens (tertiary/aromatic N) is 2. The van der Waals surface area contributed by atoms with E-state index in [2.05, 4.69) is 16.4 Å². The number of aromatic nitrogens is 2. The van der Waals surface area contributed by atoms with E-state index in [1.165, 1.54) is 11.8 Å². The van der Waals surface area contributed by atoms with Crippen LogP contribution < -0.4 is 10.9 Å². The molecule has 1 aliphatic heterocycles. The molecule has 0 saturated heterocycles. The number of anilines is 1. The minimum atomic E-state index is -0.250. The first-order chi connectivity index (χ1) is 11.4. The third-order valence-electron chi connectivity index (χ3n) is 4.38. The molecule has 0 saturated carbocycles. The summed E-state index contributed by atoms with van der Waals surface area (Å²) in [5, 5.41) is 3.50. The zero-order valence-electron chi connectivity index (χ0n) is 14.3. The Hall–Kier alpha value is -2.08. The zero-order valence-corrected chi connectivity index (χ0v) is 15.2. The van der Waals surface area contributed by atoms with Gasteiger partial charge in [-0.05, 0) is 30.7 Å². The molecule has 1 aromatic heterocycles. The Morgan fingerprint density at radius 3 is 2.79 bits per heavy atom.